The Kier molecular flexibility index (Phi) is 4.62. The van der Waals surface area contributed by atoms with Crippen molar-refractivity contribution in [1.82, 2.24) is 0 Å². The van der Waals surface area contributed by atoms with Crippen molar-refractivity contribution in [3.8, 4) is 11.5 Å². The molecule has 0 saturated heterocycles. The van der Waals surface area contributed by atoms with Crippen LogP contribution >= 0.6 is 15.9 Å². The first-order valence-corrected chi connectivity index (χ1v) is 6.71. The average Bonchev–Trinajstić information content (AvgIpc) is 2.46. The number of hydrogen-bond donors (Lipinski definition) is 1. The number of ether oxygens (including phenoxy) is 2. The minimum Gasteiger partial charge on any atom is -0.493 e. The molecule has 20 heavy (non-hydrogen) atoms. The molecule has 0 amide bonds. The molecule has 0 fully saturated rings. The smallest absolute Gasteiger partial charge is 0.161 e. The minimum atomic E-state index is -1.09. The molecule has 0 aromatic heterocycles. The Labute approximate surface area is 125 Å². The number of aliphatic hydroxyl groups excluding tert-OH is 1. The summed E-state index contributed by atoms with van der Waals surface area (Å²) in [5.41, 5.74) is 0.716. The Bertz CT molecular complexity index is 616. The Morgan fingerprint density at radius 2 is 1.65 bits per heavy atom. The Morgan fingerprint density at radius 1 is 1.05 bits per heavy atom. The van der Waals surface area contributed by atoms with E-state index in [1.165, 1.54) is 20.3 Å². The molecular weight excluding hydrogens is 327 g/mol. The summed E-state index contributed by atoms with van der Waals surface area (Å²) in [7, 11) is 3.03. The quantitative estimate of drug-likeness (QED) is 0.922. The van der Waals surface area contributed by atoms with E-state index in [4.69, 9.17) is 9.47 Å². The van der Waals surface area contributed by atoms with Crippen LogP contribution in [-0.2, 0) is 0 Å². The zero-order valence-electron chi connectivity index (χ0n) is 11.1. The maximum atomic E-state index is 13.8. The monoisotopic (exact) mass is 340 g/mol. The van der Waals surface area contributed by atoms with Crippen LogP contribution in [0, 0.1) is 5.82 Å². The van der Waals surface area contributed by atoms with Crippen LogP contribution in [-0.4, -0.2) is 19.3 Å². The van der Waals surface area contributed by atoms with Crippen LogP contribution in [0.2, 0.25) is 0 Å². The molecule has 0 aliphatic rings. The summed E-state index contributed by atoms with van der Waals surface area (Å²) in [6.07, 6.45) is -1.09. The summed E-state index contributed by atoms with van der Waals surface area (Å²) in [6, 6.07) is 9.42. The number of hydrogen-bond acceptors (Lipinski definition) is 3. The second kappa shape index (κ2) is 6.24. The van der Waals surface area contributed by atoms with Crippen LogP contribution < -0.4 is 9.47 Å². The lowest BCUT2D eigenvalue weighted by Crippen LogP contribution is -2.04. The van der Waals surface area contributed by atoms with Gasteiger partial charge in [0.1, 0.15) is 11.9 Å². The van der Waals surface area contributed by atoms with Gasteiger partial charge in [0.25, 0.3) is 0 Å². The van der Waals surface area contributed by atoms with Gasteiger partial charge in [0.05, 0.1) is 14.2 Å². The molecule has 106 valence electrons. The third kappa shape index (κ3) is 2.78. The van der Waals surface area contributed by atoms with Crippen molar-refractivity contribution in [3.63, 3.8) is 0 Å². The number of aliphatic hydroxyl groups is 1. The molecule has 5 heteroatoms. The number of halogens is 2. The Hall–Kier alpha value is -1.59. The number of rotatable bonds is 4. The highest BCUT2D eigenvalue weighted by Gasteiger charge is 2.20. The van der Waals surface area contributed by atoms with Gasteiger partial charge in [-0.05, 0) is 18.2 Å². The molecule has 0 aliphatic heterocycles. The molecule has 0 radical (unpaired) electrons. The topological polar surface area (TPSA) is 38.7 Å². The van der Waals surface area contributed by atoms with Crippen molar-refractivity contribution in [2.24, 2.45) is 0 Å². The van der Waals surface area contributed by atoms with E-state index in [0.29, 0.717) is 21.5 Å². The fourth-order valence-corrected chi connectivity index (χ4v) is 2.48. The van der Waals surface area contributed by atoms with Gasteiger partial charge in [0.15, 0.2) is 11.5 Å². The minimum absolute atomic E-state index is 0.209. The summed E-state index contributed by atoms with van der Waals surface area (Å²) in [4.78, 5) is 0. The molecule has 0 aliphatic carbocycles. The van der Waals surface area contributed by atoms with Gasteiger partial charge in [0.2, 0.25) is 0 Å². The van der Waals surface area contributed by atoms with Crippen LogP contribution in [0.3, 0.4) is 0 Å². The van der Waals surface area contributed by atoms with Crippen molar-refractivity contribution >= 4 is 15.9 Å². The fourth-order valence-electron chi connectivity index (χ4n) is 1.94. The second-order valence-corrected chi connectivity index (χ2v) is 5.01. The molecule has 2 aromatic carbocycles. The third-order valence-corrected chi connectivity index (χ3v) is 3.68. The van der Waals surface area contributed by atoms with E-state index in [0.717, 1.165) is 0 Å². The standard InChI is InChI=1S/C15H14BrFO3/c1-19-13-7-10(11(16)8-14(13)20-2)15(18)9-5-3-4-6-12(9)17/h3-8,15,18H,1-2H3. The van der Waals surface area contributed by atoms with E-state index in [1.54, 1.807) is 30.3 Å². The number of methoxy groups -OCH3 is 2. The largest absolute Gasteiger partial charge is 0.493 e. The van der Waals surface area contributed by atoms with Crippen LogP contribution in [0.1, 0.15) is 17.2 Å². The molecule has 1 unspecified atom stereocenters. The Balaban J connectivity index is 2.50. The van der Waals surface area contributed by atoms with Gasteiger partial charge in [-0.15, -0.1) is 0 Å². The molecule has 1 atom stereocenters. The molecule has 2 aromatic rings. The Morgan fingerprint density at radius 3 is 2.25 bits per heavy atom. The van der Waals surface area contributed by atoms with Gasteiger partial charge in [-0.3, -0.25) is 0 Å². The maximum absolute atomic E-state index is 13.8. The molecule has 3 nitrogen and oxygen atoms in total. The van der Waals surface area contributed by atoms with E-state index in [9.17, 15) is 9.50 Å². The second-order valence-electron chi connectivity index (χ2n) is 4.15. The lowest BCUT2D eigenvalue weighted by atomic mass is 10.0. The van der Waals surface area contributed by atoms with Crippen molar-refractivity contribution in [2.45, 2.75) is 6.10 Å². The molecule has 2 rings (SSSR count). The highest BCUT2D eigenvalue weighted by atomic mass is 79.9. The predicted molar refractivity (Wildman–Crippen MR) is 77.7 cm³/mol. The molecule has 0 spiro atoms. The van der Waals surface area contributed by atoms with Gasteiger partial charge in [-0.2, -0.15) is 0 Å². The van der Waals surface area contributed by atoms with E-state index in [-0.39, 0.29) is 5.56 Å². The molecule has 0 heterocycles. The predicted octanol–water partition coefficient (Wildman–Crippen LogP) is 3.69. The number of benzene rings is 2. The van der Waals surface area contributed by atoms with Crippen molar-refractivity contribution in [1.29, 1.82) is 0 Å². The summed E-state index contributed by atoms with van der Waals surface area (Å²) >= 11 is 3.36. The maximum Gasteiger partial charge on any atom is 0.161 e. The molecule has 0 bridgehead atoms. The SMILES string of the molecule is COc1cc(Br)c(C(O)c2ccccc2F)cc1OC. The van der Waals surface area contributed by atoms with Crippen LogP contribution in [0.15, 0.2) is 40.9 Å². The van der Waals surface area contributed by atoms with Crippen LogP contribution in [0.25, 0.3) is 0 Å². The van der Waals surface area contributed by atoms with Gasteiger partial charge in [-0.1, -0.05) is 34.1 Å². The summed E-state index contributed by atoms with van der Waals surface area (Å²) in [5, 5.41) is 10.4. The van der Waals surface area contributed by atoms with E-state index < -0.39 is 11.9 Å². The van der Waals surface area contributed by atoms with Crippen molar-refractivity contribution < 1.29 is 19.0 Å². The van der Waals surface area contributed by atoms with E-state index in [1.807, 2.05) is 0 Å². The normalized spacial score (nSPS) is 12.1. The summed E-state index contributed by atoms with van der Waals surface area (Å²) in [6.45, 7) is 0. The van der Waals surface area contributed by atoms with Gasteiger partial charge in [0, 0.05) is 15.6 Å². The van der Waals surface area contributed by atoms with Gasteiger partial charge >= 0.3 is 0 Å². The lowest BCUT2D eigenvalue weighted by molar-refractivity contribution is 0.213. The van der Waals surface area contributed by atoms with Crippen LogP contribution in [0.4, 0.5) is 4.39 Å². The van der Waals surface area contributed by atoms with E-state index in [2.05, 4.69) is 15.9 Å². The zero-order chi connectivity index (χ0) is 14.7. The highest BCUT2D eigenvalue weighted by molar-refractivity contribution is 9.10. The summed E-state index contributed by atoms with van der Waals surface area (Å²) in [5.74, 6) is 0.548. The van der Waals surface area contributed by atoms with E-state index >= 15 is 0 Å². The van der Waals surface area contributed by atoms with Gasteiger partial charge < -0.3 is 14.6 Å². The van der Waals surface area contributed by atoms with Crippen LogP contribution in [0.5, 0.6) is 11.5 Å². The lowest BCUT2D eigenvalue weighted by Gasteiger charge is -2.17. The first-order chi connectivity index (χ1) is 9.58. The summed E-state index contributed by atoms with van der Waals surface area (Å²) < 4.78 is 24.7. The zero-order valence-corrected chi connectivity index (χ0v) is 12.6. The third-order valence-electron chi connectivity index (χ3n) is 3.00. The molecule has 1 N–H and O–H groups in total. The first kappa shape index (κ1) is 14.8. The highest BCUT2D eigenvalue weighted by Crippen LogP contribution is 2.38. The first-order valence-electron chi connectivity index (χ1n) is 5.92. The average molecular weight is 341 g/mol. The molecular formula is C15H14BrFO3. The van der Waals surface area contributed by atoms with Crippen molar-refractivity contribution in [2.75, 3.05) is 14.2 Å². The van der Waals surface area contributed by atoms with Gasteiger partial charge in [-0.25, -0.2) is 4.39 Å². The van der Waals surface area contributed by atoms with Crippen molar-refractivity contribution in [3.05, 3.63) is 57.8 Å². The fraction of sp³-hybridized carbons (Fsp3) is 0.200. The molecule has 0 saturated carbocycles.